The Morgan fingerprint density at radius 2 is 1.47 bits per heavy atom. The highest BCUT2D eigenvalue weighted by Gasteiger charge is 2.36. The number of anilines is 1. The molecule has 1 aliphatic carbocycles. The number of nitrogens with one attached hydrogen (secondary N) is 1. The molecule has 0 amide bonds. The van der Waals surface area contributed by atoms with Crippen LogP contribution in [0.15, 0.2) is 48.5 Å². The van der Waals surface area contributed by atoms with E-state index in [-0.39, 0.29) is 12.2 Å². The van der Waals surface area contributed by atoms with Gasteiger partial charge in [0, 0.05) is 22.6 Å². The van der Waals surface area contributed by atoms with Gasteiger partial charge in [-0.2, -0.15) is 0 Å². The molecule has 32 heavy (non-hydrogen) atoms. The Morgan fingerprint density at radius 3 is 2.16 bits per heavy atom. The third kappa shape index (κ3) is 3.01. The standard InChI is InChI=1S/C24H17F5N2O/c25-20-19(21(26)23(28)24(29)22(20)27)14-7-4-8-17-18(14)15-11-13(32)9-10-16(15)31(17)30-12-5-2-1-3-6-12/h1-3,5-6,9-11,14,30,32H,4,7-8H2. The minimum Gasteiger partial charge on any atom is -0.508 e. The number of nitrogens with zero attached hydrogens (tertiary/aromatic N) is 1. The first kappa shape index (κ1) is 20.4. The Kier molecular flexibility index (Phi) is 4.80. The molecule has 0 bridgehead atoms. The number of benzene rings is 3. The van der Waals surface area contributed by atoms with E-state index in [9.17, 15) is 27.1 Å². The zero-order valence-corrected chi connectivity index (χ0v) is 16.6. The van der Waals surface area contributed by atoms with Crippen molar-refractivity contribution < 1.29 is 27.1 Å². The summed E-state index contributed by atoms with van der Waals surface area (Å²) >= 11 is 0. The summed E-state index contributed by atoms with van der Waals surface area (Å²) in [5.41, 5.74) is 4.87. The van der Waals surface area contributed by atoms with Crippen LogP contribution in [0.1, 0.15) is 35.6 Å². The predicted molar refractivity (Wildman–Crippen MR) is 110 cm³/mol. The van der Waals surface area contributed by atoms with Crippen LogP contribution in [0.25, 0.3) is 10.9 Å². The second-order valence-corrected chi connectivity index (χ2v) is 7.80. The second-order valence-electron chi connectivity index (χ2n) is 7.80. The summed E-state index contributed by atoms with van der Waals surface area (Å²) < 4.78 is 72.8. The molecule has 1 aliphatic rings. The second kappa shape index (κ2) is 7.55. The minimum atomic E-state index is -2.18. The lowest BCUT2D eigenvalue weighted by Crippen LogP contribution is -2.20. The third-order valence-electron chi connectivity index (χ3n) is 5.95. The van der Waals surface area contributed by atoms with Crippen LogP contribution in [-0.4, -0.2) is 9.78 Å². The smallest absolute Gasteiger partial charge is 0.200 e. The number of aromatic nitrogens is 1. The Labute approximate surface area is 179 Å². The average molecular weight is 444 g/mol. The molecule has 4 aromatic rings. The van der Waals surface area contributed by atoms with E-state index in [0.717, 1.165) is 5.69 Å². The number of hydrogen-bond donors (Lipinski definition) is 2. The molecule has 5 rings (SSSR count). The number of phenols is 1. The Morgan fingerprint density at radius 1 is 0.812 bits per heavy atom. The predicted octanol–water partition coefficient (Wildman–Crippen LogP) is 6.39. The molecule has 2 N–H and O–H groups in total. The van der Waals surface area contributed by atoms with Crippen molar-refractivity contribution in [2.75, 3.05) is 5.43 Å². The first-order valence-electron chi connectivity index (χ1n) is 10.1. The maximum atomic E-state index is 14.7. The Balaban J connectivity index is 1.78. The summed E-state index contributed by atoms with van der Waals surface area (Å²) in [5, 5.41) is 10.6. The molecular formula is C24H17F5N2O. The number of para-hydroxylation sites is 1. The van der Waals surface area contributed by atoms with Crippen molar-refractivity contribution in [2.24, 2.45) is 0 Å². The van der Waals surface area contributed by atoms with Gasteiger partial charge in [-0.25, -0.2) is 22.0 Å². The van der Waals surface area contributed by atoms with Crippen molar-refractivity contribution >= 4 is 16.6 Å². The summed E-state index contributed by atoms with van der Waals surface area (Å²) in [7, 11) is 0. The first-order valence-corrected chi connectivity index (χ1v) is 10.1. The van der Waals surface area contributed by atoms with Crippen molar-refractivity contribution in [3.8, 4) is 5.75 Å². The topological polar surface area (TPSA) is 37.2 Å². The number of hydrogen-bond acceptors (Lipinski definition) is 2. The van der Waals surface area contributed by atoms with Crippen molar-refractivity contribution in [3.05, 3.63) is 94.4 Å². The van der Waals surface area contributed by atoms with Gasteiger partial charge in [0.15, 0.2) is 23.3 Å². The Bertz CT molecular complexity index is 1320. The summed E-state index contributed by atoms with van der Waals surface area (Å²) in [4.78, 5) is 0. The van der Waals surface area contributed by atoms with Crippen molar-refractivity contribution in [3.63, 3.8) is 0 Å². The molecule has 0 saturated carbocycles. The van der Waals surface area contributed by atoms with Gasteiger partial charge in [-0.3, -0.25) is 10.1 Å². The van der Waals surface area contributed by atoms with E-state index in [4.69, 9.17) is 0 Å². The summed E-state index contributed by atoms with van der Waals surface area (Å²) in [6, 6.07) is 13.8. The van der Waals surface area contributed by atoms with Crippen molar-refractivity contribution in [1.82, 2.24) is 4.68 Å². The molecule has 0 radical (unpaired) electrons. The van der Waals surface area contributed by atoms with Crippen LogP contribution < -0.4 is 5.43 Å². The van der Waals surface area contributed by atoms with Gasteiger partial charge in [0.1, 0.15) is 5.75 Å². The highest BCUT2D eigenvalue weighted by atomic mass is 19.2. The molecule has 1 atom stereocenters. The van der Waals surface area contributed by atoms with E-state index in [1.807, 2.05) is 30.3 Å². The van der Waals surface area contributed by atoms with Crippen LogP contribution in [0.2, 0.25) is 0 Å². The summed E-state index contributed by atoms with van der Waals surface area (Å²) in [5.74, 6) is -10.9. The zero-order chi connectivity index (χ0) is 22.6. The maximum Gasteiger partial charge on any atom is 0.200 e. The number of phenolic OH excluding ortho intramolecular Hbond substituents is 1. The van der Waals surface area contributed by atoms with Crippen molar-refractivity contribution in [2.45, 2.75) is 25.2 Å². The van der Waals surface area contributed by atoms with Gasteiger partial charge in [0.25, 0.3) is 0 Å². The van der Waals surface area contributed by atoms with E-state index < -0.39 is 40.6 Å². The van der Waals surface area contributed by atoms with Crippen LogP contribution in [0.3, 0.4) is 0 Å². The fourth-order valence-corrected chi connectivity index (χ4v) is 4.60. The third-order valence-corrected chi connectivity index (χ3v) is 5.95. The molecule has 0 aliphatic heterocycles. The molecule has 164 valence electrons. The summed E-state index contributed by atoms with van der Waals surface area (Å²) in [6.07, 6.45) is 1.21. The fraction of sp³-hybridized carbons (Fsp3) is 0.167. The van der Waals surface area contributed by atoms with Gasteiger partial charge in [0.05, 0.1) is 11.2 Å². The minimum absolute atomic E-state index is 0.0705. The Hall–Kier alpha value is -3.55. The quantitative estimate of drug-likeness (QED) is 0.218. The molecule has 3 aromatic carbocycles. The zero-order valence-electron chi connectivity index (χ0n) is 16.6. The average Bonchev–Trinajstić information content (AvgIpc) is 3.10. The van der Waals surface area contributed by atoms with Crippen LogP contribution in [0.5, 0.6) is 5.75 Å². The van der Waals surface area contributed by atoms with Crippen LogP contribution in [0, 0.1) is 29.1 Å². The van der Waals surface area contributed by atoms with Crippen LogP contribution in [-0.2, 0) is 6.42 Å². The largest absolute Gasteiger partial charge is 0.508 e. The van der Waals surface area contributed by atoms with Crippen LogP contribution >= 0.6 is 0 Å². The lowest BCUT2D eigenvalue weighted by Gasteiger charge is -2.26. The highest BCUT2D eigenvalue weighted by molar-refractivity contribution is 5.89. The molecule has 3 nitrogen and oxygen atoms in total. The van der Waals surface area contributed by atoms with Crippen molar-refractivity contribution in [1.29, 1.82) is 0 Å². The van der Waals surface area contributed by atoms with E-state index in [1.54, 1.807) is 10.7 Å². The molecule has 1 unspecified atom stereocenters. The van der Waals surface area contributed by atoms with E-state index in [2.05, 4.69) is 5.43 Å². The molecule has 8 heteroatoms. The lowest BCUT2D eigenvalue weighted by atomic mass is 9.80. The van der Waals surface area contributed by atoms with Gasteiger partial charge >= 0.3 is 0 Å². The molecule has 0 saturated heterocycles. The van der Waals surface area contributed by atoms with E-state index in [1.165, 1.54) is 12.1 Å². The van der Waals surface area contributed by atoms with Gasteiger partial charge in [-0.15, -0.1) is 0 Å². The summed E-state index contributed by atoms with van der Waals surface area (Å²) in [6.45, 7) is 0. The number of rotatable bonds is 3. The highest BCUT2D eigenvalue weighted by Crippen LogP contribution is 2.45. The number of halogens is 5. The molecule has 1 heterocycles. The number of aromatic hydroxyl groups is 1. The maximum absolute atomic E-state index is 14.7. The van der Waals surface area contributed by atoms with Gasteiger partial charge < -0.3 is 5.11 Å². The van der Waals surface area contributed by atoms with Gasteiger partial charge in [-0.1, -0.05) is 18.2 Å². The monoisotopic (exact) mass is 444 g/mol. The van der Waals surface area contributed by atoms with Gasteiger partial charge in [0.2, 0.25) is 5.82 Å². The normalized spacial score (nSPS) is 15.7. The van der Waals surface area contributed by atoms with Gasteiger partial charge in [-0.05, 0) is 55.2 Å². The fourth-order valence-electron chi connectivity index (χ4n) is 4.60. The first-order chi connectivity index (χ1) is 15.4. The van der Waals surface area contributed by atoms with Crippen LogP contribution in [0.4, 0.5) is 27.6 Å². The lowest BCUT2D eigenvalue weighted by molar-refractivity contribution is 0.363. The molecule has 0 fully saturated rings. The SMILES string of the molecule is Oc1ccc2c(c1)c1c(n2Nc2ccccc2)CCCC1c1c(F)c(F)c(F)c(F)c1F. The molecule has 0 spiro atoms. The molecular weight excluding hydrogens is 427 g/mol. The van der Waals surface area contributed by atoms with E-state index >= 15 is 0 Å². The van der Waals surface area contributed by atoms with E-state index in [0.29, 0.717) is 35.0 Å². The number of fused-ring (bicyclic) bond motifs is 3. The molecule has 1 aromatic heterocycles.